The Morgan fingerprint density at radius 2 is 1.08 bits per heavy atom. The highest BCUT2D eigenvalue weighted by Gasteiger charge is 2.29. The summed E-state index contributed by atoms with van der Waals surface area (Å²) in [5.41, 5.74) is 1.76. The van der Waals surface area contributed by atoms with Crippen molar-refractivity contribution in [2.75, 3.05) is 0 Å². The minimum Gasteiger partial charge on any atom is -0.166 e. The number of benzene rings is 6. The Labute approximate surface area is 309 Å². The molecule has 0 bridgehead atoms. The van der Waals surface area contributed by atoms with E-state index < -0.39 is 11.7 Å². The van der Waals surface area contributed by atoms with Crippen molar-refractivity contribution >= 4 is 87.8 Å². The molecule has 0 radical (unpaired) electrons. The minimum absolute atomic E-state index is 0.815. The maximum absolute atomic E-state index is 11.5. The molecule has 0 amide bonds. The number of thiophene rings is 2. The molecule has 0 unspecified atom stereocenters. The number of allylic oxidation sites excluding steroid dienone is 6. The zero-order chi connectivity index (χ0) is 36.1. The molecule has 2 aromatic heterocycles. The Bertz CT molecular complexity index is 2370. The van der Waals surface area contributed by atoms with Crippen LogP contribution in [0.4, 0.5) is 13.2 Å². The normalized spacial score (nSPS) is 11.9. The molecule has 8 rings (SSSR count). The van der Waals surface area contributed by atoms with Gasteiger partial charge in [-0.2, -0.15) is 13.2 Å². The first-order valence-electron chi connectivity index (χ1n) is 16.3. The molecule has 0 spiro atoms. The van der Waals surface area contributed by atoms with E-state index in [0.717, 1.165) is 11.0 Å². The minimum atomic E-state index is -4.27. The highest BCUT2D eigenvalue weighted by molar-refractivity contribution is 7.84. The first kappa shape index (κ1) is 35.9. The molecule has 0 aliphatic heterocycles. The van der Waals surface area contributed by atoms with Crippen LogP contribution in [0.15, 0.2) is 169 Å². The maximum Gasteiger partial charge on any atom is 0.415 e. The van der Waals surface area contributed by atoms with Gasteiger partial charge in [-0.25, -0.2) is 0 Å². The van der Waals surface area contributed by atoms with E-state index in [9.17, 15) is 13.2 Å². The molecule has 0 nitrogen and oxygen atoms in total. The quantitative estimate of drug-likeness (QED) is 0.104. The molecule has 8 aromatic rings. The summed E-state index contributed by atoms with van der Waals surface area (Å²) >= 11 is 7.71. The zero-order valence-corrected chi connectivity index (χ0v) is 30.7. The molecule has 6 aromatic carbocycles. The number of thiol groups is 1. The van der Waals surface area contributed by atoms with Gasteiger partial charge in [0.25, 0.3) is 0 Å². The van der Waals surface area contributed by atoms with E-state index >= 15 is 0 Å². The third-order valence-corrected chi connectivity index (χ3v) is 10.8. The van der Waals surface area contributed by atoms with Gasteiger partial charge in [-0.05, 0) is 109 Å². The summed E-state index contributed by atoms with van der Waals surface area (Å²) in [6, 6.07) is 44.9. The fourth-order valence-electron chi connectivity index (χ4n) is 5.89. The van der Waals surface area contributed by atoms with Gasteiger partial charge in [0.1, 0.15) is 0 Å². The Morgan fingerprint density at radius 3 is 1.43 bits per heavy atom. The molecule has 0 aliphatic carbocycles. The SMILES string of the molecule is C=C(/C=C\C)C(F)(F)F.C=C/C=C(\C)S.c1ccc2sc(-c3ccc4ccc5c6cc(-c7cc8ccccc8s7)ccc6ccc5c4c3)cc2c1. The largest absolute Gasteiger partial charge is 0.415 e. The fourth-order valence-corrected chi connectivity index (χ4v) is 8.11. The van der Waals surface area contributed by atoms with Gasteiger partial charge in [0.15, 0.2) is 0 Å². The fraction of sp³-hybridized carbons (Fsp3) is 0.0667. The van der Waals surface area contributed by atoms with Crippen LogP contribution in [0.3, 0.4) is 0 Å². The molecule has 2 heterocycles. The van der Waals surface area contributed by atoms with E-state index in [2.05, 4.69) is 147 Å². The van der Waals surface area contributed by atoms with Crippen LogP contribution in [0, 0.1) is 0 Å². The third-order valence-electron chi connectivity index (χ3n) is 8.35. The summed E-state index contributed by atoms with van der Waals surface area (Å²) in [6.07, 6.45) is 1.51. The van der Waals surface area contributed by atoms with Crippen LogP contribution in [0.2, 0.25) is 0 Å². The third kappa shape index (κ3) is 8.20. The number of halogens is 3. The van der Waals surface area contributed by atoms with Crippen molar-refractivity contribution in [1.82, 2.24) is 0 Å². The van der Waals surface area contributed by atoms with Crippen LogP contribution in [0.1, 0.15) is 13.8 Å². The summed E-state index contributed by atoms with van der Waals surface area (Å²) in [7, 11) is 0. The molecule has 0 atom stereocenters. The highest BCUT2D eigenvalue weighted by atomic mass is 32.1. The van der Waals surface area contributed by atoms with Crippen molar-refractivity contribution < 1.29 is 13.2 Å². The van der Waals surface area contributed by atoms with Gasteiger partial charge in [0.05, 0.1) is 0 Å². The lowest BCUT2D eigenvalue weighted by molar-refractivity contribution is -0.0878. The molecule has 6 heteroatoms. The molecule has 51 heavy (non-hydrogen) atoms. The first-order chi connectivity index (χ1) is 24.5. The van der Waals surface area contributed by atoms with Gasteiger partial charge in [0.2, 0.25) is 0 Å². The van der Waals surface area contributed by atoms with Crippen molar-refractivity contribution in [3.8, 4) is 20.9 Å². The average molecular weight is 729 g/mol. The van der Waals surface area contributed by atoms with Crippen molar-refractivity contribution in [2.45, 2.75) is 20.0 Å². The van der Waals surface area contributed by atoms with Gasteiger partial charge in [-0.3, -0.25) is 0 Å². The predicted octanol–water partition coefficient (Wildman–Crippen LogP) is 15.6. The lowest BCUT2D eigenvalue weighted by Crippen LogP contribution is -2.07. The van der Waals surface area contributed by atoms with Gasteiger partial charge in [-0.1, -0.05) is 122 Å². The molecule has 0 saturated heterocycles. The molecule has 0 N–H and O–H groups in total. The zero-order valence-electron chi connectivity index (χ0n) is 28.2. The number of fused-ring (bicyclic) bond motifs is 7. The van der Waals surface area contributed by atoms with Crippen LogP contribution < -0.4 is 0 Å². The van der Waals surface area contributed by atoms with Gasteiger partial charge < -0.3 is 0 Å². The molecule has 0 aliphatic rings. The van der Waals surface area contributed by atoms with Crippen LogP contribution in [0.25, 0.3) is 73.4 Å². The van der Waals surface area contributed by atoms with Crippen molar-refractivity contribution in [3.63, 3.8) is 0 Å². The van der Waals surface area contributed by atoms with Crippen molar-refractivity contribution in [2.24, 2.45) is 0 Å². The summed E-state index contributed by atoms with van der Waals surface area (Å²) in [5.74, 6) is 0. The van der Waals surface area contributed by atoms with Gasteiger partial charge in [0, 0.05) is 24.7 Å². The second kappa shape index (κ2) is 15.6. The summed E-state index contributed by atoms with van der Waals surface area (Å²) in [6.45, 7) is 9.70. The van der Waals surface area contributed by atoms with E-state index in [1.165, 1.54) is 86.4 Å². The van der Waals surface area contributed by atoms with E-state index in [1.807, 2.05) is 35.7 Å². The summed E-state index contributed by atoms with van der Waals surface area (Å²) in [4.78, 5) is 3.64. The summed E-state index contributed by atoms with van der Waals surface area (Å²) in [5, 5.41) is 10.5. The van der Waals surface area contributed by atoms with Crippen LogP contribution >= 0.6 is 35.3 Å². The van der Waals surface area contributed by atoms with Crippen LogP contribution in [-0.2, 0) is 0 Å². The smallest absolute Gasteiger partial charge is 0.166 e. The topological polar surface area (TPSA) is 0 Å². The number of rotatable bonds is 4. The Hall–Kier alpha value is -4.88. The second-order valence-corrected chi connectivity index (χ2v) is 14.8. The maximum atomic E-state index is 11.5. The molecular weight excluding hydrogens is 694 g/mol. The molecule has 254 valence electrons. The monoisotopic (exact) mass is 728 g/mol. The standard InChI is InChI=1S/C34H20S2.C6H7F3.C5H8S/c1-3-7-31-23(5-1)19-33(35-31)25-11-9-21-13-16-28-27(29(21)17-25)15-14-22-10-12-26(18-30(22)28)34-20-24-6-2-4-8-32(24)36-34;1-3-4-5(2)6(7,8)9;1-3-4-5(2)6/h1-20H;3-4H,2H2,1H3;3-4,6H,1H2,2H3/b;4-3-;5-4+. The van der Waals surface area contributed by atoms with E-state index in [1.54, 1.807) is 6.08 Å². The summed E-state index contributed by atoms with van der Waals surface area (Å²) < 4.78 is 37.1. The predicted molar refractivity (Wildman–Crippen MR) is 224 cm³/mol. The van der Waals surface area contributed by atoms with E-state index in [0.29, 0.717) is 0 Å². The number of alkyl halides is 3. The Morgan fingerprint density at radius 1 is 0.627 bits per heavy atom. The highest BCUT2D eigenvalue weighted by Crippen LogP contribution is 2.40. The second-order valence-electron chi connectivity index (χ2n) is 12.0. The van der Waals surface area contributed by atoms with E-state index in [-0.39, 0.29) is 0 Å². The van der Waals surface area contributed by atoms with E-state index in [4.69, 9.17) is 0 Å². The lowest BCUT2D eigenvalue weighted by atomic mass is 9.94. The average Bonchev–Trinajstić information content (AvgIpc) is 3.76. The molecular formula is C45H35F3S3. The van der Waals surface area contributed by atoms with Crippen LogP contribution in [-0.4, -0.2) is 6.18 Å². The lowest BCUT2D eigenvalue weighted by Gasteiger charge is -2.10. The Balaban J connectivity index is 0.000000253. The van der Waals surface area contributed by atoms with Crippen molar-refractivity contribution in [1.29, 1.82) is 0 Å². The first-order valence-corrected chi connectivity index (χ1v) is 18.4. The number of hydrogen-bond acceptors (Lipinski definition) is 3. The van der Waals surface area contributed by atoms with Crippen LogP contribution in [0.5, 0.6) is 0 Å². The Kier molecular flexibility index (Phi) is 11.0. The van der Waals surface area contributed by atoms with Gasteiger partial charge in [-0.15, -0.1) is 35.3 Å². The van der Waals surface area contributed by atoms with Crippen molar-refractivity contribution in [3.05, 3.63) is 169 Å². The number of hydrogen-bond donors (Lipinski definition) is 1. The molecule has 0 saturated carbocycles. The molecule has 0 fully saturated rings. The van der Waals surface area contributed by atoms with Gasteiger partial charge >= 0.3 is 6.18 Å².